The first-order valence-electron chi connectivity index (χ1n) is 8.45. The molecule has 0 radical (unpaired) electrons. The van der Waals surface area contributed by atoms with Gasteiger partial charge in [-0.15, -0.1) is 14.8 Å². The number of aromatic nitrogens is 6. The number of hydrogen-bond donors (Lipinski definition) is 1. The molecule has 0 unspecified atom stereocenters. The molecule has 132 valence electrons. The lowest BCUT2D eigenvalue weighted by atomic mass is 10.1. The van der Waals surface area contributed by atoms with Crippen molar-refractivity contribution in [3.8, 4) is 0 Å². The van der Waals surface area contributed by atoms with Gasteiger partial charge < -0.3 is 10.2 Å². The maximum absolute atomic E-state index is 12.7. The van der Waals surface area contributed by atoms with Gasteiger partial charge in [-0.1, -0.05) is 0 Å². The van der Waals surface area contributed by atoms with Gasteiger partial charge in [0.05, 0.1) is 5.56 Å². The van der Waals surface area contributed by atoms with Crippen LogP contribution in [0.1, 0.15) is 15.9 Å². The van der Waals surface area contributed by atoms with Crippen LogP contribution in [0.25, 0.3) is 5.65 Å². The van der Waals surface area contributed by atoms with E-state index in [4.69, 9.17) is 0 Å². The van der Waals surface area contributed by atoms with Crippen LogP contribution in [0.15, 0.2) is 54.9 Å². The number of anilines is 3. The highest BCUT2D eigenvalue weighted by atomic mass is 16.2. The van der Waals surface area contributed by atoms with Crippen LogP contribution in [-0.4, -0.2) is 42.7 Å². The lowest BCUT2D eigenvalue weighted by Gasteiger charge is -2.17. The average molecular weight is 358 g/mol. The van der Waals surface area contributed by atoms with Gasteiger partial charge in [0.15, 0.2) is 11.5 Å². The Morgan fingerprint density at radius 1 is 1.15 bits per heavy atom. The summed E-state index contributed by atoms with van der Waals surface area (Å²) in [7, 11) is 0. The lowest BCUT2D eigenvalue weighted by molar-refractivity contribution is 0.0989. The summed E-state index contributed by atoms with van der Waals surface area (Å²) in [4.78, 5) is 18.5. The number of carbonyl (C=O) groups is 1. The molecule has 0 fully saturated rings. The number of rotatable bonds is 3. The Balaban J connectivity index is 1.40. The Hall–Kier alpha value is -3.88. The maximum atomic E-state index is 12.7. The average Bonchev–Trinajstić information content (AvgIpc) is 3.34. The predicted molar refractivity (Wildman–Crippen MR) is 97.9 cm³/mol. The fourth-order valence-electron chi connectivity index (χ4n) is 3.20. The van der Waals surface area contributed by atoms with Crippen molar-refractivity contribution in [2.45, 2.75) is 6.42 Å². The second-order valence-corrected chi connectivity index (χ2v) is 6.16. The summed E-state index contributed by atoms with van der Waals surface area (Å²) in [5, 5.41) is 18.8. The number of amides is 1. The number of hydrogen-bond acceptors (Lipinski definition) is 7. The van der Waals surface area contributed by atoms with Crippen molar-refractivity contribution in [1.29, 1.82) is 0 Å². The van der Waals surface area contributed by atoms with E-state index in [1.165, 1.54) is 4.63 Å². The first-order chi connectivity index (χ1) is 13.3. The second kappa shape index (κ2) is 6.13. The van der Waals surface area contributed by atoms with E-state index in [9.17, 15) is 4.79 Å². The minimum Gasteiger partial charge on any atom is -0.339 e. The molecule has 0 aliphatic carbocycles. The number of pyridine rings is 1. The standard InChI is InChI=1S/C18H14N8O/c27-18(13-2-1-8-19-11-13)25-9-7-12-10-14(3-4-15(12)25)20-16-5-6-17-21-23-24-26(17)22-16/h1-6,8,10-11H,7,9H2,(H,20,22). The summed E-state index contributed by atoms with van der Waals surface area (Å²) in [5.74, 6) is 0.601. The first-order valence-corrected chi connectivity index (χ1v) is 8.45. The minimum absolute atomic E-state index is 0.0339. The molecule has 5 rings (SSSR count). The van der Waals surface area contributed by atoms with Gasteiger partial charge in [-0.3, -0.25) is 9.78 Å². The Morgan fingerprint density at radius 2 is 2.11 bits per heavy atom. The van der Waals surface area contributed by atoms with Crippen molar-refractivity contribution in [3.63, 3.8) is 0 Å². The topological polar surface area (TPSA) is 101 Å². The Morgan fingerprint density at radius 3 is 3.00 bits per heavy atom. The minimum atomic E-state index is -0.0339. The van der Waals surface area contributed by atoms with Crippen LogP contribution in [0.3, 0.4) is 0 Å². The highest BCUT2D eigenvalue weighted by molar-refractivity contribution is 6.07. The number of benzene rings is 1. The van der Waals surface area contributed by atoms with Crippen molar-refractivity contribution in [3.05, 3.63) is 66.0 Å². The van der Waals surface area contributed by atoms with Gasteiger partial charge in [-0.05, 0) is 64.9 Å². The molecule has 4 heterocycles. The molecule has 27 heavy (non-hydrogen) atoms. The molecule has 1 aliphatic heterocycles. The molecular weight excluding hydrogens is 344 g/mol. The van der Waals surface area contributed by atoms with Gasteiger partial charge in [0, 0.05) is 30.3 Å². The number of tetrazole rings is 1. The van der Waals surface area contributed by atoms with Gasteiger partial charge >= 0.3 is 0 Å². The van der Waals surface area contributed by atoms with Crippen molar-refractivity contribution in [2.75, 3.05) is 16.8 Å². The van der Waals surface area contributed by atoms with Crippen molar-refractivity contribution >= 4 is 28.7 Å². The van der Waals surface area contributed by atoms with E-state index in [0.717, 1.165) is 23.4 Å². The summed E-state index contributed by atoms with van der Waals surface area (Å²) in [6, 6.07) is 13.1. The highest BCUT2D eigenvalue weighted by Crippen LogP contribution is 2.32. The van der Waals surface area contributed by atoms with Crippen LogP contribution in [0.2, 0.25) is 0 Å². The summed E-state index contributed by atoms with van der Waals surface area (Å²) in [5.41, 5.74) is 4.11. The van der Waals surface area contributed by atoms with Crippen LogP contribution in [0, 0.1) is 0 Å². The normalized spacial score (nSPS) is 13.0. The molecule has 3 aromatic heterocycles. The summed E-state index contributed by atoms with van der Waals surface area (Å²) in [6.45, 7) is 0.654. The Labute approximate surface area is 153 Å². The van der Waals surface area contributed by atoms with Gasteiger partial charge in [0.2, 0.25) is 0 Å². The quantitative estimate of drug-likeness (QED) is 0.596. The molecule has 1 aromatic carbocycles. The number of nitrogens with one attached hydrogen (secondary N) is 1. The molecule has 0 atom stereocenters. The van der Waals surface area contributed by atoms with Crippen LogP contribution in [-0.2, 0) is 6.42 Å². The summed E-state index contributed by atoms with van der Waals surface area (Å²) < 4.78 is 1.37. The van der Waals surface area contributed by atoms with Crippen LogP contribution in [0.5, 0.6) is 0 Å². The molecule has 9 nitrogen and oxygen atoms in total. The Bertz CT molecular complexity index is 1140. The number of nitrogens with zero attached hydrogens (tertiary/aromatic N) is 7. The third-order valence-corrected chi connectivity index (χ3v) is 4.47. The van der Waals surface area contributed by atoms with E-state index in [2.05, 4.69) is 30.9 Å². The fourth-order valence-corrected chi connectivity index (χ4v) is 3.20. The predicted octanol–water partition coefficient (Wildman–Crippen LogP) is 1.86. The molecule has 0 spiro atoms. The summed E-state index contributed by atoms with van der Waals surface area (Å²) >= 11 is 0. The SMILES string of the molecule is O=C(c1cccnc1)N1CCc2cc(Nc3ccc4nnnn4n3)ccc21. The van der Waals surface area contributed by atoms with Crippen LogP contribution in [0.4, 0.5) is 17.2 Å². The van der Waals surface area contributed by atoms with Crippen LogP contribution >= 0.6 is 0 Å². The fraction of sp³-hybridized carbons (Fsp3) is 0.111. The molecule has 1 amide bonds. The molecule has 0 bridgehead atoms. The van der Waals surface area contributed by atoms with E-state index in [1.54, 1.807) is 35.5 Å². The largest absolute Gasteiger partial charge is 0.339 e. The third kappa shape index (κ3) is 2.74. The monoisotopic (exact) mass is 358 g/mol. The third-order valence-electron chi connectivity index (χ3n) is 4.47. The van der Waals surface area contributed by atoms with Gasteiger partial charge in [0.1, 0.15) is 0 Å². The lowest BCUT2D eigenvalue weighted by Crippen LogP contribution is -2.28. The molecule has 0 saturated carbocycles. The van der Waals surface area contributed by atoms with Crippen LogP contribution < -0.4 is 10.2 Å². The van der Waals surface area contributed by atoms with Crippen molar-refractivity contribution in [1.82, 2.24) is 30.2 Å². The maximum Gasteiger partial charge on any atom is 0.259 e. The summed E-state index contributed by atoms with van der Waals surface area (Å²) in [6.07, 6.45) is 4.06. The molecular formula is C18H14N8O. The number of fused-ring (bicyclic) bond motifs is 2. The highest BCUT2D eigenvalue weighted by Gasteiger charge is 2.25. The zero-order valence-corrected chi connectivity index (χ0v) is 14.1. The molecule has 1 aliphatic rings. The van der Waals surface area contributed by atoms with E-state index in [1.807, 2.05) is 24.3 Å². The van der Waals surface area contributed by atoms with Gasteiger partial charge in [-0.2, -0.15) is 0 Å². The second-order valence-electron chi connectivity index (χ2n) is 6.16. The number of carbonyl (C=O) groups excluding carboxylic acids is 1. The molecule has 9 heteroatoms. The zero-order valence-electron chi connectivity index (χ0n) is 14.1. The van der Waals surface area contributed by atoms with E-state index < -0.39 is 0 Å². The Kier molecular flexibility index (Phi) is 3.49. The van der Waals surface area contributed by atoms with E-state index in [0.29, 0.717) is 23.6 Å². The van der Waals surface area contributed by atoms with E-state index >= 15 is 0 Å². The van der Waals surface area contributed by atoms with Gasteiger partial charge in [-0.25, -0.2) is 0 Å². The molecule has 0 saturated heterocycles. The van der Waals surface area contributed by atoms with Crippen molar-refractivity contribution < 1.29 is 4.79 Å². The molecule has 4 aromatic rings. The van der Waals surface area contributed by atoms with Gasteiger partial charge in [0.25, 0.3) is 5.91 Å². The molecule has 1 N–H and O–H groups in total. The van der Waals surface area contributed by atoms with Crippen molar-refractivity contribution in [2.24, 2.45) is 0 Å². The van der Waals surface area contributed by atoms with E-state index in [-0.39, 0.29) is 5.91 Å². The zero-order chi connectivity index (χ0) is 18.2. The smallest absolute Gasteiger partial charge is 0.259 e. The first kappa shape index (κ1) is 15.4.